The predicted molar refractivity (Wildman–Crippen MR) is 84.4 cm³/mol. The minimum Gasteiger partial charge on any atom is -0.351 e. The molecule has 1 aromatic carbocycles. The minimum absolute atomic E-state index is 0.167. The molecule has 0 bridgehead atoms. The molecule has 1 N–H and O–H groups in total. The molecule has 1 aliphatic rings. The van der Waals surface area contributed by atoms with Crippen molar-refractivity contribution in [2.75, 3.05) is 23.3 Å². The van der Waals surface area contributed by atoms with Gasteiger partial charge in [0, 0.05) is 19.2 Å². The normalized spacial score (nSPS) is 14.5. The maximum atomic E-state index is 13.8. The molecular weight excluding hydrogens is 320 g/mol. The van der Waals surface area contributed by atoms with Gasteiger partial charge in [-0.3, -0.25) is 10.1 Å². The summed E-state index contributed by atoms with van der Waals surface area (Å²) < 4.78 is 27.1. The van der Waals surface area contributed by atoms with E-state index in [0.29, 0.717) is 13.1 Å². The second kappa shape index (κ2) is 6.73. The summed E-state index contributed by atoms with van der Waals surface area (Å²) in [6.45, 7) is 1.32. The SMILES string of the molecule is O=[N+]([O-])c1c(Nc2cc(F)ccc2F)ncnc1N1CCCCC1. The third-order valence-electron chi connectivity index (χ3n) is 3.82. The van der Waals surface area contributed by atoms with Gasteiger partial charge in [0.25, 0.3) is 0 Å². The Morgan fingerprint density at radius 1 is 1.17 bits per heavy atom. The number of nitro groups is 1. The lowest BCUT2D eigenvalue weighted by molar-refractivity contribution is -0.383. The van der Waals surface area contributed by atoms with E-state index in [2.05, 4.69) is 15.3 Å². The molecule has 0 radical (unpaired) electrons. The molecule has 1 saturated heterocycles. The Balaban J connectivity index is 2.01. The van der Waals surface area contributed by atoms with Crippen molar-refractivity contribution in [2.24, 2.45) is 0 Å². The number of hydrogen-bond donors (Lipinski definition) is 1. The second-order valence-electron chi connectivity index (χ2n) is 5.45. The van der Waals surface area contributed by atoms with Crippen molar-refractivity contribution in [3.8, 4) is 0 Å². The fourth-order valence-corrected chi connectivity index (χ4v) is 2.69. The maximum absolute atomic E-state index is 13.8. The van der Waals surface area contributed by atoms with Crippen LogP contribution in [0.1, 0.15) is 19.3 Å². The molecule has 24 heavy (non-hydrogen) atoms. The quantitative estimate of drug-likeness (QED) is 0.681. The van der Waals surface area contributed by atoms with Crippen LogP contribution in [0.4, 0.5) is 31.8 Å². The first kappa shape index (κ1) is 16.0. The fourth-order valence-electron chi connectivity index (χ4n) is 2.69. The average molecular weight is 335 g/mol. The van der Waals surface area contributed by atoms with Crippen LogP contribution in [0.15, 0.2) is 24.5 Å². The largest absolute Gasteiger partial charge is 0.353 e. The zero-order valence-corrected chi connectivity index (χ0v) is 12.7. The number of piperidine rings is 1. The van der Waals surface area contributed by atoms with E-state index in [9.17, 15) is 18.9 Å². The van der Waals surface area contributed by atoms with Gasteiger partial charge >= 0.3 is 5.69 Å². The van der Waals surface area contributed by atoms with Crippen molar-refractivity contribution in [3.05, 3.63) is 46.3 Å². The Bertz CT molecular complexity index is 766. The van der Waals surface area contributed by atoms with Gasteiger partial charge in [-0.15, -0.1) is 0 Å². The lowest BCUT2D eigenvalue weighted by atomic mass is 10.1. The van der Waals surface area contributed by atoms with Crippen molar-refractivity contribution >= 4 is 23.0 Å². The van der Waals surface area contributed by atoms with Crippen LogP contribution < -0.4 is 10.2 Å². The highest BCUT2D eigenvalue weighted by molar-refractivity contribution is 5.74. The third kappa shape index (κ3) is 3.24. The van der Waals surface area contributed by atoms with Crippen molar-refractivity contribution in [1.29, 1.82) is 0 Å². The van der Waals surface area contributed by atoms with Crippen molar-refractivity contribution in [2.45, 2.75) is 19.3 Å². The van der Waals surface area contributed by atoms with Crippen molar-refractivity contribution in [1.82, 2.24) is 9.97 Å². The third-order valence-corrected chi connectivity index (χ3v) is 3.82. The highest BCUT2D eigenvalue weighted by atomic mass is 19.1. The van der Waals surface area contributed by atoms with E-state index in [1.165, 1.54) is 6.33 Å². The first-order valence-electron chi connectivity index (χ1n) is 7.52. The molecule has 0 saturated carbocycles. The van der Waals surface area contributed by atoms with E-state index >= 15 is 0 Å². The Kier molecular flexibility index (Phi) is 4.50. The summed E-state index contributed by atoms with van der Waals surface area (Å²) in [5.74, 6) is -1.37. The van der Waals surface area contributed by atoms with E-state index in [0.717, 1.165) is 37.5 Å². The number of rotatable bonds is 4. The monoisotopic (exact) mass is 335 g/mol. The van der Waals surface area contributed by atoms with E-state index < -0.39 is 16.6 Å². The summed E-state index contributed by atoms with van der Waals surface area (Å²) in [7, 11) is 0. The van der Waals surface area contributed by atoms with Crippen LogP contribution in [0, 0.1) is 21.7 Å². The van der Waals surface area contributed by atoms with Gasteiger partial charge in [0.15, 0.2) is 0 Å². The standard InChI is InChI=1S/C15H15F2N5O2/c16-10-4-5-11(17)12(8-10)20-14-13(22(23)24)15(19-9-18-14)21-6-2-1-3-7-21/h4-5,8-9H,1-3,6-7H2,(H,18,19,20). The minimum atomic E-state index is -0.733. The van der Waals surface area contributed by atoms with Gasteiger partial charge in [0.2, 0.25) is 11.6 Å². The summed E-state index contributed by atoms with van der Waals surface area (Å²) in [4.78, 5) is 20.6. The first-order valence-corrected chi connectivity index (χ1v) is 7.52. The zero-order valence-electron chi connectivity index (χ0n) is 12.7. The second-order valence-corrected chi connectivity index (χ2v) is 5.45. The summed E-state index contributed by atoms with van der Waals surface area (Å²) >= 11 is 0. The number of halogens is 2. The maximum Gasteiger partial charge on any atom is 0.353 e. The van der Waals surface area contributed by atoms with Gasteiger partial charge < -0.3 is 10.2 Å². The number of nitrogens with one attached hydrogen (secondary N) is 1. The highest BCUT2D eigenvalue weighted by Crippen LogP contribution is 2.35. The van der Waals surface area contributed by atoms with Crippen LogP contribution in [0.5, 0.6) is 0 Å². The van der Waals surface area contributed by atoms with Crippen molar-refractivity contribution in [3.63, 3.8) is 0 Å². The molecule has 9 heteroatoms. The van der Waals surface area contributed by atoms with Gasteiger partial charge in [-0.1, -0.05) is 0 Å². The van der Waals surface area contributed by atoms with Crippen LogP contribution in [-0.4, -0.2) is 28.0 Å². The number of hydrogen-bond acceptors (Lipinski definition) is 6. The fraction of sp³-hybridized carbons (Fsp3) is 0.333. The molecule has 0 amide bonds. The zero-order chi connectivity index (χ0) is 17.1. The molecule has 7 nitrogen and oxygen atoms in total. The molecule has 2 heterocycles. The number of anilines is 3. The Labute approximate surface area is 136 Å². The van der Waals surface area contributed by atoms with Gasteiger partial charge in [0.1, 0.15) is 18.0 Å². The lowest BCUT2D eigenvalue weighted by Gasteiger charge is -2.27. The van der Waals surface area contributed by atoms with Gasteiger partial charge in [-0.2, -0.15) is 0 Å². The van der Waals surface area contributed by atoms with E-state index in [4.69, 9.17) is 0 Å². The molecule has 1 fully saturated rings. The van der Waals surface area contributed by atoms with Crippen LogP contribution >= 0.6 is 0 Å². The van der Waals surface area contributed by atoms with E-state index in [-0.39, 0.29) is 23.0 Å². The molecule has 0 unspecified atom stereocenters. The number of nitrogens with zero attached hydrogens (tertiary/aromatic N) is 4. The first-order chi connectivity index (χ1) is 11.6. The van der Waals surface area contributed by atoms with Crippen LogP contribution in [0.3, 0.4) is 0 Å². The van der Waals surface area contributed by atoms with Gasteiger partial charge in [-0.05, 0) is 31.4 Å². The Morgan fingerprint density at radius 2 is 1.92 bits per heavy atom. The van der Waals surface area contributed by atoms with E-state index in [1.807, 2.05) is 4.90 Å². The van der Waals surface area contributed by atoms with Crippen LogP contribution in [0.2, 0.25) is 0 Å². The Morgan fingerprint density at radius 3 is 2.62 bits per heavy atom. The lowest BCUT2D eigenvalue weighted by Crippen LogP contribution is -2.31. The molecule has 0 atom stereocenters. The molecular formula is C15H15F2N5O2. The molecule has 1 aromatic heterocycles. The molecule has 0 aliphatic carbocycles. The molecule has 0 spiro atoms. The molecule has 126 valence electrons. The predicted octanol–water partition coefficient (Wildman–Crippen LogP) is 3.40. The van der Waals surface area contributed by atoms with Crippen LogP contribution in [0.25, 0.3) is 0 Å². The van der Waals surface area contributed by atoms with Crippen LogP contribution in [-0.2, 0) is 0 Å². The smallest absolute Gasteiger partial charge is 0.351 e. The summed E-state index contributed by atoms with van der Waals surface area (Å²) in [5, 5.41) is 14.0. The molecule has 1 aliphatic heterocycles. The molecule has 2 aromatic rings. The molecule has 3 rings (SSSR count). The highest BCUT2D eigenvalue weighted by Gasteiger charge is 2.28. The Hall–Kier alpha value is -2.84. The number of aromatic nitrogens is 2. The summed E-state index contributed by atoms with van der Waals surface area (Å²) in [5.41, 5.74) is -0.565. The summed E-state index contributed by atoms with van der Waals surface area (Å²) in [6.07, 6.45) is 4.08. The van der Waals surface area contributed by atoms with Crippen molar-refractivity contribution < 1.29 is 13.7 Å². The average Bonchev–Trinajstić information content (AvgIpc) is 2.58. The van der Waals surface area contributed by atoms with Gasteiger partial charge in [-0.25, -0.2) is 18.7 Å². The number of benzene rings is 1. The summed E-state index contributed by atoms with van der Waals surface area (Å²) in [6, 6.07) is 2.83. The van der Waals surface area contributed by atoms with Gasteiger partial charge in [0.05, 0.1) is 10.6 Å². The topological polar surface area (TPSA) is 84.2 Å². The van der Waals surface area contributed by atoms with E-state index in [1.54, 1.807) is 0 Å².